The van der Waals surface area contributed by atoms with Crippen molar-refractivity contribution in [2.24, 2.45) is 0 Å². The molecule has 0 atom stereocenters. The quantitative estimate of drug-likeness (QED) is 0.0449. The number of benzene rings is 9. The molecule has 0 spiro atoms. The normalized spacial score (nSPS) is 14.3. The average molecular weight is 940 g/mol. The molecule has 1 saturated heterocycles. The van der Waals surface area contributed by atoms with Crippen LogP contribution in [0.25, 0.3) is 43.1 Å². The van der Waals surface area contributed by atoms with E-state index in [1.54, 1.807) is 0 Å². The SMILES string of the molecule is O=C(CCN1C(=O)c2ccc3c4cccc5c(N6CCN(Cc7ccc(CCl)cc7)CC6)ccc(c6ccc(c2c36)C1=O)c54)NCC[P+](c1ccccc1)(c1ccccc1)c1ccccc1.[Cl-]. The first kappa shape index (κ1) is 44.5. The number of carbonyl (C=O) groups excluding carboxylic acids is 3. The van der Waals surface area contributed by atoms with Crippen LogP contribution in [-0.4, -0.2) is 73.0 Å². The van der Waals surface area contributed by atoms with Crippen LogP contribution in [0.4, 0.5) is 5.69 Å². The van der Waals surface area contributed by atoms with E-state index in [0.717, 1.165) is 71.4 Å². The van der Waals surface area contributed by atoms with Crippen molar-refractivity contribution in [3.63, 3.8) is 0 Å². The van der Waals surface area contributed by atoms with Crippen molar-refractivity contribution < 1.29 is 26.8 Å². The minimum Gasteiger partial charge on any atom is -1.00 e. The monoisotopic (exact) mass is 938 g/mol. The van der Waals surface area contributed by atoms with E-state index in [-0.39, 0.29) is 43.1 Å². The smallest absolute Gasteiger partial charge is 0.261 e. The highest BCUT2D eigenvalue weighted by Gasteiger charge is 2.45. The molecule has 0 bridgehead atoms. The second-order valence-electron chi connectivity index (χ2n) is 17.5. The summed E-state index contributed by atoms with van der Waals surface area (Å²) in [6.45, 7) is 5.15. The molecule has 334 valence electrons. The number of halogens is 2. The number of piperazine rings is 1. The van der Waals surface area contributed by atoms with Crippen LogP contribution >= 0.6 is 18.9 Å². The molecule has 0 unspecified atom stereocenters. The standard InChI is InChI=1S/C57H48ClN4O3P.ClH/c58-37-39-19-21-40(22-20-39)38-60-32-34-61(35-33-60)51-28-27-45-47-24-26-50-55-49(25-23-46(54(47)55)44-17-10-18-48(51)53(44)45)56(64)62(57(50)65)31-29-52(63)59-30-36-66(41-11-4-1-5-12-41,42-13-6-2-7-14-42)43-15-8-3-9-16-43;/h1-28H,29-38H2;1H. The first-order valence-corrected chi connectivity index (χ1v) is 25.4. The van der Waals surface area contributed by atoms with Gasteiger partial charge in [-0.3, -0.25) is 24.2 Å². The van der Waals surface area contributed by atoms with Crippen LogP contribution in [-0.2, 0) is 17.2 Å². The second kappa shape index (κ2) is 18.7. The average Bonchev–Trinajstić information content (AvgIpc) is 3.37. The molecule has 0 aromatic heterocycles. The summed E-state index contributed by atoms with van der Waals surface area (Å²) in [5, 5.41) is 15.2. The molecular formula is C57H49Cl2N4O3P. The molecule has 0 aliphatic carbocycles. The number of nitrogens with one attached hydrogen (secondary N) is 1. The van der Waals surface area contributed by atoms with E-state index < -0.39 is 7.26 Å². The predicted octanol–water partition coefficient (Wildman–Crippen LogP) is 6.90. The van der Waals surface area contributed by atoms with Crippen molar-refractivity contribution in [2.75, 3.05) is 50.3 Å². The zero-order chi connectivity index (χ0) is 44.8. The largest absolute Gasteiger partial charge is 1.00 e. The Kier molecular flexibility index (Phi) is 12.4. The topological polar surface area (TPSA) is 73.0 Å². The van der Waals surface area contributed by atoms with Crippen LogP contribution in [0.2, 0.25) is 0 Å². The van der Waals surface area contributed by atoms with Crippen molar-refractivity contribution in [2.45, 2.75) is 18.8 Å². The zero-order valence-electron chi connectivity index (χ0n) is 37.0. The Labute approximate surface area is 402 Å². The molecule has 67 heavy (non-hydrogen) atoms. The van der Waals surface area contributed by atoms with Gasteiger partial charge in [0.2, 0.25) is 5.91 Å². The summed E-state index contributed by atoms with van der Waals surface area (Å²) in [6.07, 6.45) is 0.731. The number of nitrogens with zero attached hydrogens (tertiary/aromatic N) is 3. The summed E-state index contributed by atoms with van der Waals surface area (Å²) in [6, 6.07) is 59.2. The van der Waals surface area contributed by atoms with Crippen molar-refractivity contribution in [1.29, 1.82) is 0 Å². The molecule has 2 aliphatic rings. The van der Waals surface area contributed by atoms with Gasteiger partial charge < -0.3 is 22.6 Å². The Bertz CT molecular complexity index is 3110. The summed E-state index contributed by atoms with van der Waals surface area (Å²) in [5.41, 5.74) is 4.66. The van der Waals surface area contributed by atoms with E-state index in [2.05, 4.69) is 143 Å². The lowest BCUT2D eigenvalue weighted by atomic mass is 9.84. The second-order valence-corrected chi connectivity index (χ2v) is 21.4. The summed E-state index contributed by atoms with van der Waals surface area (Å²) in [7, 11) is -2.14. The molecule has 3 amide bonds. The van der Waals surface area contributed by atoms with Gasteiger partial charge in [0, 0.05) is 79.2 Å². The number of hydrogen-bond acceptors (Lipinski definition) is 5. The van der Waals surface area contributed by atoms with Gasteiger partial charge in [-0.15, -0.1) is 11.6 Å². The fourth-order valence-corrected chi connectivity index (χ4v) is 15.0. The molecule has 2 heterocycles. The predicted molar refractivity (Wildman–Crippen MR) is 274 cm³/mol. The highest BCUT2D eigenvalue weighted by Crippen LogP contribution is 2.55. The number of fused-ring (bicyclic) bond motifs is 2. The lowest BCUT2D eigenvalue weighted by Crippen LogP contribution is -3.00. The number of amides is 3. The first-order valence-electron chi connectivity index (χ1n) is 22.9. The Hall–Kier alpha value is -6.34. The highest BCUT2D eigenvalue weighted by molar-refractivity contribution is 7.95. The van der Waals surface area contributed by atoms with Gasteiger partial charge in [-0.25, -0.2) is 0 Å². The number of alkyl halides is 1. The minimum atomic E-state index is -2.14. The molecule has 11 rings (SSSR count). The van der Waals surface area contributed by atoms with E-state index >= 15 is 0 Å². The van der Waals surface area contributed by atoms with Crippen molar-refractivity contribution in [1.82, 2.24) is 15.1 Å². The third kappa shape index (κ3) is 7.88. The van der Waals surface area contributed by atoms with Crippen molar-refractivity contribution >= 4 is 101 Å². The number of imide groups is 1. The third-order valence-corrected chi connectivity index (χ3v) is 18.7. The van der Waals surface area contributed by atoms with E-state index in [1.807, 2.05) is 42.5 Å². The lowest BCUT2D eigenvalue weighted by molar-refractivity contribution is -0.121. The summed E-state index contributed by atoms with van der Waals surface area (Å²) in [5.74, 6) is -0.393. The minimum absolute atomic E-state index is 0. The van der Waals surface area contributed by atoms with Crippen LogP contribution in [0, 0.1) is 0 Å². The maximum absolute atomic E-state index is 14.3. The molecule has 9 aromatic rings. The summed E-state index contributed by atoms with van der Waals surface area (Å²) < 4.78 is 0. The Morgan fingerprint density at radius 1 is 0.537 bits per heavy atom. The van der Waals surface area contributed by atoms with Crippen molar-refractivity contribution in [3.05, 3.63) is 192 Å². The Morgan fingerprint density at radius 3 is 1.61 bits per heavy atom. The number of hydrogen-bond donors (Lipinski definition) is 1. The van der Waals surface area contributed by atoms with Gasteiger partial charge in [0.1, 0.15) is 23.2 Å². The summed E-state index contributed by atoms with van der Waals surface area (Å²) >= 11 is 6.02. The van der Waals surface area contributed by atoms with Crippen LogP contribution in [0.3, 0.4) is 0 Å². The Morgan fingerprint density at radius 2 is 1.04 bits per heavy atom. The van der Waals surface area contributed by atoms with Gasteiger partial charge >= 0.3 is 0 Å². The van der Waals surface area contributed by atoms with Gasteiger partial charge in [0.05, 0.1) is 12.7 Å². The van der Waals surface area contributed by atoms with Crippen molar-refractivity contribution in [3.8, 4) is 0 Å². The highest BCUT2D eigenvalue weighted by atomic mass is 35.5. The van der Waals surface area contributed by atoms with Crippen LogP contribution in [0.15, 0.2) is 170 Å². The Balaban J connectivity index is 0.00000525. The molecule has 7 nitrogen and oxygen atoms in total. The number of carbonyl (C=O) groups is 3. The van der Waals surface area contributed by atoms with E-state index in [4.69, 9.17) is 11.6 Å². The fourth-order valence-electron chi connectivity index (χ4n) is 10.7. The van der Waals surface area contributed by atoms with Gasteiger partial charge in [-0.05, 0) is 98.0 Å². The fraction of sp³-hybridized carbons (Fsp3) is 0.175. The molecule has 2 aliphatic heterocycles. The molecule has 9 aromatic carbocycles. The maximum atomic E-state index is 14.3. The number of anilines is 1. The lowest BCUT2D eigenvalue weighted by Gasteiger charge is -2.37. The molecule has 1 N–H and O–H groups in total. The molecule has 10 heteroatoms. The van der Waals surface area contributed by atoms with Crippen LogP contribution in [0.1, 0.15) is 38.3 Å². The maximum Gasteiger partial charge on any atom is 0.261 e. The van der Waals surface area contributed by atoms with Crippen LogP contribution in [0.5, 0.6) is 0 Å². The van der Waals surface area contributed by atoms with Gasteiger partial charge in [-0.2, -0.15) is 0 Å². The van der Waals surface area contributed by atoms with E-state index in [1.165, 1.54) is 42.8 Å². The summed E-state index contributed by atoms with van der Waals surface area (Å²) in [4.78, 5) is 48.6. The number of rotatable bonds is 13. The molecule has 1 fully saturated rings. The molecule has 0 saturated carbocycles. The van der Waals surface area contributed by atoms with Gasteiger partial charge in [0.25, 0.3) is 11.8 Å². The van der Waals surface area contributed by atoms with Gasteiger partial charge in [0.15, 0.2) is 0 Å². The third-order valence-electron chi connectivity index (χ3n) is 13.9. The van der Waals surface area contributed by atoms with E-state index in [0.29, 0.717) is 28.9 Å². The van der Waals surface area contributed by atoms with Gasteiger partial charge in [-0.1, -0.05) is 115 Å². The molecular weight excluding hydrogens is 891 g/mol. The molecule has 0 radical (unpaired) electrons. The first-order chi connectivity index (χ1) is 32.4. The van der Waals surface area contributed by atoms with E-state index in [9.17, 15) is 14.4 Å². The van der Waals surface area contributed by atoms with Crippen LogP contribution < -0.4 is 38.5 Å². The zero-order valence-corrected chi connectivity index (χ0v) is 39.4.